The minimum absolute atomic E-state index is 0.643. The van der Waals surface area contributed by atoms with Crippen LogP contribution < -0.4 is 0 Å². The average molecular weight is 233 g/mol. The zero-order valence-electron chi connectivity index (χ0n) is 9.94. The lowest BCUT2D eigenvalue weighted by Crippen LogP contribution is -1.82. The molecule has 0 saturated carbocycles. The van der Waals surface area contributed by atoms with Gasteiger partial charge in [0.15, 0.2) is 0 Å². The van der Waals surface area contributed by atoms with Crippen molar-refractivity contribution in [1.82, 2.24) is 9.97 Å². The molecule has 0 amide bonds. The van der Waals surface area contributed by atoms with E-state index >= 15 is 0 Å². The van der Waals surface area contributed by atoms with E-state index in [1.165, 1.54) is 0 Å². The van der Waals surface area contributed by atoms with Crippen molar-refractivity contribution >= 4 is 11.0 Å². The molecule has 0 spiro atoms. The fourth-order valence-corrected chi connectivity index (χ4v) is 2.05. The van der Waals surface area contributed by atoms with Gasteiger partial charge in [0.25, 0.3) is 0 Å². The number of para-hydroxylation sites is 1. The van der Waals surface area contributed by atoms with E-state index in [4.69, 9.17) is 5.26 Å². The number of fused-ring (bicyclic) bond motifs is 1. The smallest absolute Gasteiger partial charge is 0.138 e. The molecule has 86 valence electrons. The summed E-state index contributed by atoms with van der Waals surface area (Å²) in [6.45, 7) is 2.04. The molecule has 0 radical (unpaired) electrons. The molecule has 0 saturated heterocycles. The van der Waals surface area contributed by atoms with E-state index in [1.54, 1.807) is 6.07 Å². The average Bonchev–Trinajstić information content (AvgIpc) is 2.84. The van der Waals surface area contributed by atoms with Gasteiger partial charge >= 0.3 is 0 Å². The van der Waals surface area contributed by atoms with Gasteiger partial charge < -0.3 is 4.98 Å². The maximum atomic E-state index is 8.91. The third-order valence-electron chi connectivity index (χ3n) is 2.98. The second kappa shape index (κ2) is 4.01. The Morgan fingerprint density at radius 2 is 2.00 bits per heavy atom. The number of benzene rings is 2. The van der Waals surface area contributed by atoms with Crippen molar-refractivity contribution in [2.45, 2.75) is 6.92 Å². The summed E-state index contributed by atoms with van der Waals surface area (Å²) in [6.07, 6.45) is 0. The van der Waals surface area contributed by atoms with Crippen LogP contribution in [-0.2, 0) is 0 Å². The first-order chi connectivity index (χ1) is 8.78. The van der Waals surface area contributed by atoms with E-state index in [0.29, 0.717) is 5.56 Å². The minimum Gasteiger partial charge on any atom is -0.338 e. The molecule has 0 aliphatic carbocycles. The third-order valence-corrected chi connectivity index (χ3v) is 2.98. The van der Waals surface area contributed by atoms with Gasteiger partial charge in [0.1, 0.15) is 5.82 Å². The molecule has 3 aromatic rings. The minimum atomic E-state index is 0.643. The van der Waals surface area contributed by atoms with E-state index in [0.717, 1.165) is 28.0 Å². The molecule has 1 aromatic heterocycles. The van der Waals surface area contributed by atoms with Gasteiger partial charge in [-0.15, -0.1) is 0 Å². The van der Waals surface area contributed by atoms with Gasteiger partial charge in [0, 0.05) is 5.56 Å². The van der Waals surface area contributed by atoms with Crippen LogP contribution in [0.15, 0.2) is 42.5 Å². The SMILES string of the molecule is Cc1cccc2[nH]c(-c3cccc(C#N)c3)nc12. The molecule has 0 atom stereocenters. The quantitative estimate of drug-likeness (QED) is 0.700. The summed E-state index contributed by atoms with van der Waals surface area (Å²) in [5.41, 5.74) is 4.72. The lowest BCUT2D eigenvalue weighted by Gasteiger charge is -1.96. The van der Waals surface area contributed by atoms with E-state index in [1.807, 2.05) is 43.3 Å². The number of nitrogens with one attached hydrogen (secondary N) is 1. The highest BCUT2D eigenvalue weighted by atomic mass is 14.9. The molecule has 18 heavy (non-hydrogen) atoms. The number of hydrogen-bond donors (Lipinski definition) is 1. The summed E-state index contributed by atoms with van der Waals surface area (Å²) in [4.78, 5) is 7.88. The number of imidazole rings is 1. The Kier molecular flexibility index (Phi) is 2.35. The van der Waals surface area contributed by atoms with Crippen molar-refractivity contribution < 1.29 is 0 Å². The van der Waals surface area contributed by atoms with Crippen LogP contribution in [0.3, 0.4) is 0 Å². The molecule has 3 rings (SSSR count). The van der Waals surface area contributed by atoms with Crippen molar-refractivity contribution in [2.24, 2.45) is 0 Å². The van der Waals surface area contributed by atoms with Crippen LogP contribution in [0.1, 0.15) is 11.1 Å². The number of H-pyrrole nitrogens is 1. The summed E-state index contributed by atoms with van der Waals surface area (Å²) in [5, 5.41) is 8.91. The maximum absolute atomic E-state index is 8.91. The normalized spacial score (nSPS) is 10.4. The Hall–Kier alpha value is -2.60. The van der Waals surface area contributed by atoms with E-state index in [-0.39, 0.29) is 0 Å². The molecule has 0 aliphatic heterocycles. The summed E-state index contributed by atoms with van der Waals surface area (Å²) in [7, 11) is 0. The fraction of sp³-hybridized carbons (Fsp3) is 0.0667. The van der Waals surface area contributed by atoms with Crippen LogP contribution in [0.5, 0.6) is 0 Å². The number of aryl methyl sites for hydroxylation is 1. The van der Waals surface area contributed by atoms with Crippen LogP contribution in [0.25, 0.3) is 22.4 Å². The van der Waals surface area contributed by atoms with Crippen LogP contribution >= 0.6 is 0 Å². The lowest BCUT2D eigenvalue weighted by atomic mass is 10.1. The van der Waals surface area contributed by atoms with Gasteiger partial charge in [0.2, 0.25) is 0 Å². The molecule has 0 fully saturated rings. The molecule has 2 aromatic carbocycles. The van der Waals surface area contributed by atoms with Gasteiger partial charge in [-0.1, -0.05) is 24.3 Å². The molecule has 0 aliphatic rings. The van der Waals surface area contributed by atoms with Crippen molar-refractivity contribution in [2.75, 3.05) is 0 Å². The van der Waals surface area contributed by atoms with Gasteiger partial charge in [-0.25, -0.2) is 4.98 Å². The first-order valence-electron chi connectivity index (χ1n) is 5.74. The number of rotatable bonds is 1. The van der Waals surface area contributed by atoms with Crippen molar-refractivity contribution in [3.63, 3.8) is 0 Å². The molecular weight excluding hydrogens is 222 g/mol. The Bertz CT molecular complexity index is 763. The highest BCUT2D eigenvalue weighted by Gasteiger charge is 2.07. The Morgan fingerprint density at radius 3 is 2.78 bits per heavy atom. The zero-order valence-corrected chi connectivity index (χ0v) is 9.94. The second-order valence-electron chi connectivity index (χ2n) is 4.25. The van der Waals surface area contributed by atoms with Crippen LogP contribution in [0, 0.1) is 18.3 Å². The van der Waals surface area contributed by atoms with Gasteiger partial charge in [0.05, 0.1) is 22.7 Å². The van der Waals surface area contributed by atoms with Crippen molar-refractivity contribution in [1.29, 1.82) is 5.26 Å². The number of aromatic amines is 1. The monoisotopic (exact) mass is 233 g/mol. The second-order valence-corrected chi connectivity index (χ2v) is 4.25. The summed E-state index contributed by atoms with van der Waals surface area (Å²) < 4.78 is 0. The summed E-state index contributed by atoms with van der Waals surface area (Å²) in [6, 6.07) is 15.6. The first kappa shape index (κ1) is 10.5. The fourth-order valence-electron chi connectivity index (χ4n) is 2.05. The van der Waals surface area contributed by atoms with E-state index in [2.05, 4.69) is 16.0 Å². The van der Waals surface area contributed by atoms with E-state index < -0.39 is 0 Å². The standard InChI is InChI=1S/C15H11N3/c1-10-4-2-7-13-14(10)18-15(17-13)12-6-3-5-11(8-12)9-16/h2-8H,1H3,(H,17,18). The molecule has 1 heterocycles. The van der Waals surface area contributed by atoms with Gasteiger partial charge in [-0.2, -0.15) is 5.26 Å². The van der Waals surface area contributed by atoms with Gasteiger partial charge in [-0.3, -0.25) is 0 Å². The molecule has 3 heteroatoms. The predicted octanol–water partition coefficient (Wildman–Crippen LogP) is 3.41. The lowest BCUT2D eigenvalue weighted by molar-refractivity contribution is 1.33. The topological polar surface area (TPSA) is 52.5 Å². The number of aromatic nitrogens is 2. The third kappa shape index (κ3) is 1.64. The number of nitrogens with zero attached hydrogens (tertiary/aromatic N) is 2. The number of nitriles is 1. The summed E-state index contributed by atoms with van der Waals surface area (Å²) in [5.74, 6) is 0.802. The maximum Gasteiger partial charge on any atom is 0.138 e. The first-order valence-corrected chi connectivity index (χ1v) is 5.74. The van der Waals surface area contributed by atoms with Gasteiger partial charge in [-0.05, 0) is 30.7 Å². The summed E-state index contributed by atoms with van der Waals surface area (Å²) >= 11 is 0. The highest BCUT2D eigenvalue weighted by molar-refractivity contribution is 5.82. The van der Waals surface area contributed by atoms with Crippen LogP contribution in [0.2, 0.25) is 0 Å². The number of hydrogen-bond acceptors (Lipinski definition) is 2. The van der Waals surface area contributed by atoms with Crippen molar-refractivity contribution in [3.8, 4) is 17.5 Å². The van der Waals surface area contributed by atoms with E-state index in [9.17, 15) is 0 Å². The Morgan fingerprint density at radius 1 is 1.17 bits per heavy atom. The molecule has 1 N–H and O–H groups in total. The van der Waals surface area contributed by atoms with Crippen LogP contribution in [0.4, 0.5) is 0 Å². The van der Waals surface area contributed by atoms with Crippen molar-refractivity contribution in [3.05, 3.63) is 53.6 Å². The molecule has 3 nitrogen and oxygen atoms in total. The van der Waals surface area contributed by atoms with Crippen LogP contribution in [-0.4, -0.2) is 9.97 Å². The predicted molar refractivity (Wildman–Crippen MR) is 71.0 cm³/mol. The zero-order chi connectivity index (χ0) is 12.5. The molecule has 0 bridgehead atoms. The highest BCUT2D eigenvalue weighted by Crippen LogP contribution is 2.22. The Labute approximate surface area is 105 Å². The largest absolute Gasteiger partial charge is 0.338 e. The molecule has 0 unspecified atom stereocenters. The molecular formula is C15H11N3. The Balaban J connectivity index is 2.20.